The van der Waals surface area contributed by atoms with E-state index >= 15 is 0 Å². The van der Waals surface area contributed by atoms with Crippen LogP contribution in [0.25, 0.3) is 0 Å². The van der Waals surface area contributed by atoms with Gasteiger partial charge in [0, 0.05) is 18.1 Å². The maximum atomic E-state index is 10.8. The molecule has 0 saturated heterocycles. The van der Waals surface area contributed by atoms with Gasteiger partial charge in [0.05, 0.1) is 6.54 Å². The molecule has 0 heterocycles. The minimum atomic E-state index is -0.494. The highest BCUT2D eigenvalue weighted by Crippen LogP contribution is 2.16. The normalized spacial score (nSPS) is 12.2. The minimum Gasteiger partial charge on any atom is -0.489 e. The maximum Gasteiger partial charge on any atom is 0.255 e. The molecule has 0 radical (unpaired) electrons. The summed E-state index contributed by atoms with van der Waals surface area (Å²) in [5, 5.41) is 7.24. The molecule has 2 rings (SSSR count). The van der Waals surface area contributed by atoms with Gasteiger partial charge >= 0.3 is 0 Å². The standard InChI is InChI=1S/C22H29ClN4O3/c1-3-25-22(27-14-16(2)30-20-10-6-18(23)7-11-20)26-13-12-17-4-8-19(9-5-17)29-15-21(24)28/h4-11,16H,3,12-15H2,1-2H3,(H2,24,28)(H2,25,26,27). The summed E-state index contributed by atoms with van der Waals surface area (Å²) in [6.07, 6.45) is 0.742. The summed E-state index contributed by atoms with van der Waals surface area (Å²) in [6.45, 7) is 5.89. The van der Waals surface area contributed by atoms with Gasteiger partial charge in [-0.15, -0.1) is 0 Å². The zero-order chi connectivity index (χ0) is 21.8. The van der Waals surface area contributed by atoms with Crippen LogP contribution in [0.15, 0.2) is 53.5 Å². The average Bonchev–Trinajstić information content (AvgIpc) is 2.73. The summed E-state index contributed by atoms with van der Waals surface area (Å²) >= 11 is 5.89. The van der Waals surface area contributed by atoms with E-state index in [4.69, 9.17) is 26.8 Å². The molecule has 0 aliphatic heterocycles. The summed E-state index contributed by atoms with van der Waals surface area (Å²) in [6, 6.07) is 14.9. The Kier molecular flexibility index (Phi) is 9.80. The molecule has 2 aromatic carbocycles. The fraction of sp³-hybridized carbons (Fsp3) is 0.364. The highest BCUT2D eigenvalue weighted by molar-refractivity contribution is 6.30. The number of nitrogens with two attached hydrogens (primary N) is 1. The van der Waals surface area contributed by atoms with Crippen molar-refractivity contribution < 1.29 is 14.3 Å². The number of primary amides is 1. The van der Waals surface area contributed by atoms with Crippen molar-refractivity contribution in [3.8, 4) is 11.5 Å². The van der Waals surface area contributed by atoms with E-state index in [1.54, 1.807) is 12.1 Å². The van der Waals surface area contributed by atoms with Crippen molar-refractivity contribution in [1.29, 1.82) is 0 Å². The van der Waals surface area contributed by atoms with E-state index in [1.807, 2.05) is 50.2 Å². The first-order chi connectivity index (χ1) is 14.5. The Morgan fingerprint density at radius 1 is 1.10 bits per heavy atom. The molecule has 1 atom stereocenters. The van der Waals surface area contributed by atoms with Gasteiger partial charge in [-0.1, -0.05) is 23.7 Å². The second kappa shape index (κ2) is 12.6. The Morgan fingerprint density at radius 2 is 1.77 bits per heavy atom. The molecule has 7 nitrogen and oxygen atoms in total. The summed E-state index contributed by atoms with van der Waals surface area (Å²) in [5.41, 5.74) is 6.22. The number of hydrogen-bond donors (Lipinski definition) is 3. The number of rotatable bonds is 11. The predicted octanol–water partition coefficient (Wildman–Crippen LogP) is 2.77. The monoisotopic (exact) mass is 432 g/mol. The Balaban J connectivity index is 1.78. The Labute approximate surface area is 182 Å². The fourth-order valence-corrected chi connectivity index (χ4v) is 2.70. The van der Waals surface area contributed by atoms with Crippen LogP contribution < -0.4 is 25.8 Å². The molecule has 0 spiro atoms. The van der Waals surface area contributed by atoms with Crippen molar-refractivity contribution in [2.45, 2.75) is 26.4 Å². The van der Waals surface area contributed by atoms with Crippen LogP contribution in [0, 0.1) is 0 Å². The number of guanidine groups is 1. The topological polar surface area (TPSA) is 98.0 Å². The van der Waals surface area contributed by atoms with Gasteiger partial charge in [-0.25, -0.2) is 4.99 Å². The largest absolute Gasteiger partial charge is 0.489 e. The first-order valence-corrected chi connectivity index (χ1v) is 10.3. The average molecular weight is 433 g/mol. The third kappa shape index (κ3) is 9.05. The second-order valence-corrected chi connectivity index (χ2v) is 7.11. The number of nitrogens with one attached hydrogen (secondary N) is 2. The third-order valence-corrected chi connectivity index (χ3v) is 4.26. The van der Waals surface area contributed by atoms with E-state index in [0.29, 0.717) is 17.3 Å². The van der Waals surface area contributed by atoms with Crippen molar-refractivity contribution in [2.24, 2.45) is 10.7 Å². The van der Waals surface area contributed by atoms with Crippen LogP contribution >= 0.6 is 11.6 Å². The zero-order valence-electron chi connectivity index (χ0n) is 17.4. The molecule has 2 aromatic rings. The van der Waals surface area contributed by atoms with Crippen molar-refractivity contribution in [2.75, 3.05) is 26.2 Å². The minimum absolute atomic E-state index is 0.0745. The number of benzene rings is 2. The molecular formula is C22H29ClN4O3. The van der Waals surface area contributed by atoms with Crippen molar-refractivity contribution in [3.05, 3.63) is 59.1 Å². The van der Waals surface area contributed by atoms with Crippen molar-refractivity contribution in [1.82, 2.24) is 10.6 Å². The smallest absolute Gasteiger partial charge is 0.255 e. The number of hydrogen-bond acceptors (Lipinski definition) is 4. The zero-order valence-corrected chi connectivity index (χ0v) is 18.1. The van der Waals surface area contributed by atoms with E-state index < -0.39 is 5.91 Å². The number of halogens is 1. The van der Waals surface area contributed by atoms with Gasteiger partial charge < -0.3 is 25.8 Å². The molecule has 0 aliphatic carbocycles. The van der Waals surface area contributed by atoms with Gasteiger partial charge in [0.25, 0.3) is 5.91 Å². The van der Waals surface area contributed by atoms with Gasteiger partial charge in [-0.05, 0) is 62.2 Å². The lowest BCUT2D eigenvalue weighted by Gasteiger charge is -2.15. The lowest BCUT2D eigenvalue weighted by atomic mass is 10.1. The number of carbonyl (C=O) groups is 1. The summed E-state index contributed by atoms with van der Waals surface area (Å²) < 4.78 is 11.1. The van der Waals surface area contributed by atoms with Crippen LogP contribution in [-0.2, 0) is 11.2 Å². The lowest BCUT2D eigenvalue weighted by Crippen LogP contribution is -2.39. The number of amides is 1. The van der Waals surface area contributed by atoms with Gasteiger partial charge in [0.1, 0.15) is 17.6 Å². The van der Waals surface area contributed by atoms with E-state index in [2.05, 4.69) is 15.6 Å². The first-order valence-electron chi connectivity index (χ1n) is 9.90. The second-order valence-electron chi connectivity index (χ2n) is 6.68. The SMILES string of the molecule is CCNC(=NCC(C)Oc1ccc(Cl)cc1)NCCc1ccc(OCC(N)=O)cc1. The molecule has 4 N–H and O–H groups in total. The molecule has 0 saturated carbocycles. The fourth-order valence-electron chi connectivity index (χ4n) is 2.58. The quantitative estimate of drug-likeness (QED) is 0.374. The molecule has 8 heteroatoms. The predicted molar refractivity (Wildman–Crippen MR) is 120 cm³/mol. The maximum absolute atomic E-state index is 10.8. The van der Waals surface area contributed by atoms with Gasteiger partial charge in [-0.2, -0.15) is 0 Å². The van der Waals surface area contributed by atoms with Crippen LogP contribution in [0.4, 0.5) is 0 Å². The van der Waals surface area contributed by atoms with Crippen LogP contribution in [0.5, 0.6) is 11.5 Å². The van der Waals surface area contributed by atoms with Gasteiger partial charge in [0.2, 0.25) is 0 Å². The number of nitrogens with zero attached hydrogens (tertiary/aromatic N) is 1. The molecule has 162 valence electrons. The van der Waals surface area contributed by atoms with Crippen molar-refractivity contribution in [3.63, 3.8) is 0 Å². The summed E-state index contributed by atoms with van der Waals surface area (Å²) in [4.78, 5) is 15.3. The Hall–Kier alpha value is -2.93. The molecule has 1 amide bonds. The van der Waals surface area contributed by atoms with E-state index in [9.17, 15) is 4.79 Å². The molecule has 0 aromatic heterocycles. The highest BCUT2D eigenvalue weighted by atomic mass is 35.5. The van der Waals surface area contributed by atoms with Crippen LogP contribution in [0.2, 0.25) is 5.02 Å². The summed E-state index contributed by atoms with van der Waals surface area (Å²) in [7, 11) is 0. The molecule has 0 aliphatic rings. The lowest BCUT2D eigenvalue weighted by molar-refractivity contribution is -0.119. The van der Waals surface area contributed by atoms with Gasteiger partial charge in [-0.3, -0.25) is 4.79 Å². The van der Waals surface area contributed by atoms with Gasteiger partial charge in [0.15, 0.2) is 12.6 Å². The highest BCUT2D eigenvalue weighted by Gasteiger charge is 2.05. The number of ether oxygens (including phenoxy) is 2. The molecule has 1 unspecified atom stereocenters. The first kappa shape index (κ1) is 23.3. The van der Waals surface area contributed by atoms with Crippen molar-refractivity contribution >= 4 is 23.5 Å². The van der Waals surface area contributed by atoms with E-state index in [0.717, 1.165) is 36.8 Å². The Bertz CT molecular complexity index is 810. The van der Waals surface area contributed by atoms with Crippen LogP contribution in [0.3, 0.4) is 0 Å². The van der Waals surface area contributed by atoms with E-state index in [-0.39, 0.29) is 12.7 Å². The molecule has 0 bridgehead atoms. The molecular weight excluding hydrogens is 404 g/mol. The third-order valence-electron chi connectivity index (χ3n) is 4.01. The van der Waals surface area contributed by atoms with E-state index in [1.165, 1.54) is 0 Å². The molecule has 30 heavy (non-hydrogen) atoms. The van der Waals surface area contributed by atoms with Crippen LogP contribution in [-0.4, -0.2) is 44.2 Å². The number of carbonyl (C=O) groups excluding carboxylic acids is 1. The number of aliphatic imine (C=N–C) groups is 1. The Morgan fingerprint density at radius 3 is 2.40 bits per heavy atom. The van der Waals surface area contributed by atoms with Crippen LogP contribution in [0.1, 0.15) is 19.4 Å². The summed E-state index contributed by atoms with van der Waals surface area (Å²) in [5.74, 6) is 1.63. The molecule has 0 fully saturated rings.